The SMILES string of the molecule is CCOC(=O)N1CCN(C(=O)[C@H](CCC(=O)O)NC(=O)c2cc(OC3(C(=O)NCC4CC4)CCC3)n(-c3ccccc3)n2)CC1. The molecule has 3 aliphatic rings. The second-order valence-electron chi connectivity index (χ2n) is 11.7. The lowest BCUT2D eigenvalue weighted by atomic mass is 9.79. The van der Waals surface area contributed by atoms with Gasteiger partial charge >= 0.3 is 12.1 Å². The van der Waals surface area contributed by atoms with Gasteiger partial charge in [-0.1, -0.05) is 18.2 Å². The van der Waals surface area contributed by atoms with Gasteiger partial charge in [-0.2, -0.15) is 5.10 Å². The number of benzene rings is 1. The van der Waals surface area contributed by atoms with Gasteiger partial charge in [0, 0.05) is 45.2 Å². The number of amides is 4. The molecule has 242 valence electrons. The Morgan fingerprint density at radius 3 is 2.33 bits per heavy atom. The van der Waals surface area contributed by atoms with Crippen LogP contribution >= 0.6 is 0 Å². The number of aromatic nitrogens is 2. The molecule has 2 heterocycles. The van der Waals surface area contributed by atoms with Crippen molar-refractivity contribution in [3.05, 3.63) is 42.1 Å². The summed E-state index contributed by atoms with van der Waals surface area (Å²) in [6, 6.07) is 9.34. The fourth-order valence-corrected chi connectivity index (χ4v) is 5.40. The van der Waals surface area contributed by atoms with Gasteiger partial charge in [0.25, 0.3) is 11.8 Å². The van der Waals surface area contributed by atoms with E-state index in [2.05, 4.69) is 15.7 Å². The summed E-state index contributed by atoms with van der Waals surface area (Å²) < 4.78 is 12.8. The van der Waals surface area contributed by atoms with Crippen LogP contribution in [0.2, 0.25) is 0 Å². The van der Waals surface area contributed by atoms with Gasteiger partial charge in [0.15, 0.2) is 11.3 Å². The molecule has 0 spiro atoms. The summed E-state index contributed by atoms with van der Waals surface area (Å²) in [5.74, 6) is -1.72. The highest BCUT2D eigenvalue weighted by atomic mass is 16.6. The van der Waals surface area contributed by atoms with Crippen LogP contribution in [-0.2, 0) is 19.1 Å². The Bertz CT molecular complexity index is 1400. The number of ether oxygens (including phenoxy) is 2. The average Bonchev–Trinajstić information content (AvgIpc) is 3.76. The molecule has 14 heteroatoms. The van der Waals surface area contributed by atoms with Gasteiger partial charge in [-0.05, 0) is 63.5 Å². The quantitative estimate of drug-likeness (QED) is 0.301. The molecule has 45 heavy (non-hydrogen) atoms. The van der Waals surface area contributed by atoms with Crippen LogP contribution in [0.4, 0.5) is 4.79 Å². The lowest BCUT2D eigenvalue weighted by molar-refractivity contribution is -0.145. The lowest BCUT2D eigenvalue weighted by Gasteiger charge is -2.39. The number of carboxylic acids is 1. The van der Waals surface area contributed by atoms with E-state index in [9.17, 15) is 29.1 Å². The third-order valence-corrected chi connectivity index (χ3v) is 8.40. The second kappa shape index (κ2) is 14.0. The van der Waals surface area contributed by atoms with Gasteiger partial charge in [0.2, 0.25) is 11.8 Å². The van der Waals surface area contributed by atoms with Gasteiger partial charge in [0.05, 0.1) is 12.3 Å². The van der Waals surface area contributed by atoms with E-state index in [0.29, 0.717) is 31.0 Å². The van der Waals surface area contributed by atoms with Gasteiger partial charge in [0.1, 0.15) is 6.04 Å². The first-order chi connectivity index (χ1) is 21.7. The summed E-state index contributed by atoms with van der Waals surface area (Å²) in [5, 5.41) is 19.5. The minimum atomic E-state index is -1.14. The van der Waals surface area contributed by atoms with Crippen molar-refractivity contribution >= 4 is 29.8 Å². The number of para-hydroxylation sites is 1. The highest BCUT2D eigenvalue weighted by molar-refractivity contribution is 5.96. The molecule has 1 aromatic carbocycles. The van der Waals surface area contributed by atoms with E-state index >= 15 is 0 Å². The van der Waals surface area contributed by atoms with E-state index in [4.69, 9.17) is 9.47 Å². The van der Waals surface area contributed by atoms with Crippen molar-refractivity contribution in [2.24, 2.45) is 5.92 Å². The van der Waals surface area contributed by atoms with Crippen molar-refractivity contribution in [3.63, 3.8) is 0 Å². The highest BCUT2D eigenvalue weighted by Crippen LogP contribution is 2.38. The Hall–Kier alpha value is -4.62. The Morgan fingerprint density at radius 2 is 1.73 bits per heavy atom. The number of nitrogens with zero attached hydrogens (tertiary/aromatic N) is 4. The minimum absolute atomic E-state index is 0.0537. The van der Waals surface area contributed by atoms with Crippen LogP contribution in [0.1, 0.15) is 62.4 Å². The number of hydrogen-bond acceptors (Lipinski definition) is 8. The topological polar surface area (TPSA) is 172 Å². The molecule has 2 aromatic rings. The third-order valence-electron chi connectivity index (χ3n) is 8.40. The van der Waals surface area contributed by atoms with Crippen LogP contribution in [0.5, 0.6) is 5.88 Å². The molecule has 1 saturated heterocycles. The molecule has 0 unspecified atom stereocenters. The summed E-state index contributed by atoms with van der Waals surface area (Å²) in [7, 11) is 0. The van der Waals surface area contributed by atoms with Crippen molar-refractivity contribution in [1.82, 2.24) is 30.2 Å². The molecule has 1 atom stereocenters. The molecule has 2 saturated carbocycles. The molecule has 2 aliphatic carbocycles. The first-order valence-corrected chi connectivity index (χ1v) is 15.5. The average molecular weight is 625 g/mol. The molecule has 3 N–H and O–H groups in total. The fraction of sp³-hybridized carbons (Fsp3) is 0.548. The summed E-state index contributed by atoms with van der Waals surface area (Å²) >= 11 is 0. The maximum atomic E-state index is 13.6. The maximum Gasteiger partial charge on any atom is 0.409 e. The number of carboxylic acid groups (broad SMARTS) is 1. The monoisotopic (exact) mass is 624 g/mol. The molecule has 0 bridgehead atoms. The molecule has 1 aliphatic heterocycles. The summed E-state index contributed by atoms with van der Waals surface area (Å²) in [4.78, 5) is 66.7. The van der Waals surface area contributed by atoms with Crippen molar-refractivity contribution in [1.29, 1.82) is 0 Å². The number of carbonyl (C=O) groups excluding carboxylic acids is 4. The summed E-state index contributed by atoms with van der Waals surface area (Å²) in [6.07, 6.45) is 3.15. The Labute approximate surface area is 261 Å². The minimum Gasteiger partial charge on any atom is -0.481 e. The van der Waals surface area contributed by atoms with Crippen LogP contribution in [-0.4, -0.2) is 105 Å². The number of piperazine rings is 1. The first kappa shape index (κ1) is 31.8. The molecule has 1 aromatic heterocycles. The molecule has 3 fully saturated rings. The van der Waals surface area contributed by atoms with Gasteiger partial charge in [-0.3, -0.25) is 19.2 Å². The summed E-state index contributed by atoms with van der Waals surface area (Å²) in [5.41, 5.74) is -0.514. The Kier molecular flexibility index (Phi) is 9.89. The van der Waals surface area contributed by atoms with E-state index < -0.39 is 35.5 Å². The normalized spacial score (nSPS) is 17.9. The van der Waals surface area contributed by atoms with Crippen LogP contribution in [0.3, 0.4) is 0 Å². The standard InChI is InChI=1S/C31H40N6O8/c1-2-44-30(43)36-17-15-35(16-18-36)28(41)23(11-12-26(38)39)33-27(40)24-19-25(37(34-24)22-7-4-3-5-8-22)45-31(13-6-14-31)29(42)32-20-21-9-10-21/h3-5,7-8,19,21,23H,2,6,9-18,20H2,1H3,(H,32,42)(H,33,40)(H,38,39)/t23-/m0/s1. The van der Waals surface area contributed by atoms with Crippen molar-refractivity contribution in [2.75, 3.05) is 39.3 Å². The van der Waals surface area contributed by atoms with E-state index in [1.807, 2.05) is 18.2 Å². The molecular formula is C31H40N6O8. The van der Waals surface area contributed by atoms with Gasteiger partial charge in [-0.15, -0.1) is 0 Å². The first-order valence-electron chi connectivity index (χ1n) is 15.5. The van der Waals surface area contributed by atoms with Gasteiger partial charge in [-0.25, -0.2) is 9.48 Å². The number of rotatable bonds is 13. The number of carbonyl (C=O) groups is 5. The van der Waals surface area contributed by atoms with Crippen molar-refractivity contribution < 1.29 is 38.6 Å². The number of nitrogens with one attached hydrogen (secondary N) is 2. The zero-order valence-electron chi connectivity index (χ0n) is 25.4. The van der Waals surface area contributed by atoms with Crippen LogP contribution < -0.4 is 15.4 Å². The third kappa shape index (κ3) is 7.73. The number of hydrogen-bond donors (Lipinski definition) is 3. The second-order valence-corrected chi connectivity index (χ2v) is 11.7. The van der Waals surface area contributed by atoms with E-state index in [0.717, 1.165) is 19.3 Å². The van der Waals surface area contributed by atoms with E-state index in [-0.39, 0.29) is 63.1 Å². The Morgan fingerprint density at radius 1 is 1.04 bits per heavy atom. The van der Waals surface area contributed by atoms with Crippen LogP contribution in [0, 0.1) is 5.92 Å². The van der Waals surface area contributed by atoms with Crippen molar-refractivity contribution in [2.45, 2.75) is 63.5 Å². The molecule has 4 amide bonds. The molecule has 14 nitrogen and oxygen atoms in total. The molecule has 0 radical (unpaired) electrons. The van der Waals surface area contributed by atoms with Crippen molar-refractivity contribution in [3.8, 4) is 11.6 Å². The zero-order valence-corrected chi connectivity index (χ0v) is 25.4. The Balaban J connectivity index is 1.33. The van der Waals surface area contributed by atoms with E-state index in [1.165, 1.54) is 20.5 Å². The largest absolute Gasteiger partial charge is 0.481 e. The predicted molar refractivity (Wildman–Crippen MR) is 160 cm³/mol. The lowest BCUT2D eigenvalue weighted by Crippen LogP contribution is -2.56. The predicted octanol–water partition coefficient (Wildman–Crippen LogP) is 1.96. The van der Waals surface area contributed by atoms with Crippen LogP contribution in [0.25, 0.3) is 5.69 Å². The van der Waals surface area contributed by atoms with Gasteiger partial charge < -0.3 is 35.0 Å². The molecule has 5 rings (SSSR count). The number of aliphatic carboxylic acids is 1. The van der Waals surface area contributed by atoms with Crippen LogP contribution in [0.15, 0.2) is 36.4 Å². The highest BCUT2D eigenvalue weighted by Gasteiger charge is 2.48. The summed E-state index contributed by atoms with van der Waals surface area (Å²) in [6.45, 7) is 3.49. The fourth-order valence-electron chi connectivity index (χ4n) is 5.40. The zero-order chi connectivity index (χ0) is 32.0. The maximum absolute atomic E-state index is 13.6. The van der Waals surface area contributed by atoms with E-state index in [1.54, 1.807) is 19.1 Å². The smallest absolute Gasteiger partial charge is 0.409 e. The molecular weight excluding hydrogens is 584 g/mol.